The molecule has 0 aliphatic carbocycles. The van der Waals surface area contributed by atoms with E-state index in [4.69, 9.17) is 15.0 Å². The summed E-state index contributed by atoms with van der Waals surface area (Å²) in [5.41, 5.74) is -0.424. The predicted octanol–water partition coefficient (Wildman–Crippen LogP) is 2.15. The molecule has 0 aromatic rings. The summed E-state index contributed by atoms with van der Waals surface area (Å²) in [5.74, 6) is -0.220. The molecule has 13 heavy (non-hydrogen) atoms. The van der Waals surface area contributed by atoms with Crippen LogP contribution in [0, 0.1) is 5.92 Å². The number of thiol groups is 1. The molecule has 0 spiro atoms. The van der Waals surface area contributed by atoms with Gasteiger partial charge in [0.15, 0.2) is 0 Å². The SMILES string of the molecule is CC(=O)O.CCCC(C)CC(O)S. The van der Waals surface area contributed by atoms with Gasteiger partial charge in [-0.2, -0.15) is 0 Å². The van der Waals surface area contributed by atoms with Crippen molar-refractivity contribution >= 4 is 18.6 Å². The Balaban J connectivity index is 0. The van der Waals surface area contributed by atoms with Gasteiger partial charge in [0.05, 0.1) is 5.44 Å². The molecule has 0 aliphatic rings. The van der Waals surface area contributed by atoms with Crippen molar-refractivity contribution in [1.29, 1.82) is 0 Å². The van der Waals surface area contributed by atoms with E-state index >= 15 is 0 Å². The van der Waals surface area contributed by atoms with Gasteiger partial charge >= 0.3 is 0 Å². The molecule has 0 fully saturated rings. The molecule has 2 unspecified atom stereocenters. The number of carbonyl (C=O) groups is 1. The van der Waals surface area contributed by atoms with E-state index in [0.29, 0.717) is 5.92 Å². The highest BCUT2D eigenvalue weighted by molar-refractivity contribution is 7.80. The number of aliphatic carboxylic acids is 1. The van der Waals surface area contributed by atoms with Crippen molar-refractivity contribution in [1.82, 2.24) is 0 Å². The van der Waals surface area contributed by atoms with E-state index in [9.17, 15) is 0 Å². The highest BCUT2D eigenvalue weighted by Gasteiger charge is 2.03. The third kappa shape index (κ3) is 24.5. The van der Waals surface area contributed by atoms with Crippen LogP contribution in [0.4, 0.5) is 0 Å². The van der Waals surface area contributed by atoms with Crippen LogP contribution in [0.1, 0.15) is 40.0 Å². The molecule has 0 aliphatic heterocycles. The van der Waals surface area contributed by atoms with Crippen LogP contribution in [0.2, 0.25) is 0 Å². The molecule has 0 aromatic heterocycles. The number of hydrogen-bond acceptors (Lipinski definition) is 3. The molecule has 0 radical (unpaired) electrons. The topological polar surface area (TPSA) is 57.5 Å². The second-order valence-corrected chi connectivity index (χ2v) is 3.73. The molecule has 0 aromatic carbocycles. The second-order valence-electron chi connectivity index (χ2n) is 3.13. The van der Waals surface area contributed by atoms with Gasteiger partial charge < -0.3 is 10.2 Å². The first-order valence-electron chi connectivity index (χ1n) is 4.45. The molecule has 80 valence electrons. The summed E-state index contributed by atoms with van der Waals surface area (Å²) >= 11 is 3.89. The molecule has 0 bridgehead atoms. The van der Waals surface area contributed by atoms with Gasteiger partial charge in [0.1, 0.15) is 0 Å². The Morgan fingerprint density at radius 3 is 2.15 bits per heavy atom. The third-order valence-electron chi connectivity index (χ3n) is 1.39. The fourth-order valence-electron chi connectivity index (χ4n) is 0.971. The largest absolute Gasteiger partial charge is 0.481 e. The summed E-state index contributed by atoms with van der Waals surface area (Å²) in [7, 11) is 0. The number of aliphatic hydroxyl groups is 1. The maximum atomic E-state index is 9.00. The summed E-state index contributed by atoms with van der Waals surface area (Å²) in [5, 5.41) is 16.2. The minimum Gasteiger partial charge on any atom is -0.481 e. The van der Waals surface area contributed by atoms with Crippen molar-refractivity contribution in [3.63, 3.8) is 0 Å². The van der Waals surface area contributed by atoms with E-state index in [1.165, 1.54) is 12.8 Å². The lowest BCUT2D eigenvalue weighted by Gasteiger charge is -2.10. The molecule has 0 heterocycles. The highest BCUT2D eigenvalue weighted by atomic mass is 32.1. The zero-order chi connectivity index (χ0) is 10.9. The van der Waals surface area contributed by atoms with E-state index in [1.807, 2.05) is 0 Å². The molecule has 0 saturated heterocycles. The van der Waals surface area contributed by atoms with Crippen molar-refractivity contribution in [2.45, 2.75) is 45.5 Å². The van der Waals surface area contributed by atoms with E-state index in [2.05, 4.69) is 26.5 Å². The zero-order valence-electron chi connectivity index (χ0n) is 8.53. The first-order valence-corrected chi connectivity index (χ1v) is 4.97. The summed E-state index contributed by atoms with van der Waals surface area (Å²) < 4.78 is 0. The smallest absolute Gasteiger partial charge is 0.300 e. The Morgan fingerprint density at radius 2 is 1.92 bits per heavy atom. The monoisotopic (exact) mass is 208 g/mol. The molecule has 2 atom stereocenters. The Hall–Kier alpha value is -0.220. The van der Waals surface area contributed by atoms with E-state index < -0.39 is 11.4 Å². The third-order valence-corrected chi connectivity index (χ3v) is 1.61. The van der Waals surface area contributed by atoms with Crippen LogP contribution in [-0.2, 0) is 4.79 Å². The van der Waals surface area contributed by atoms with Crippen LogP contribution < -0.4 is 0 Å². The number of carboxylic acid groups (broad SMARTS) is 1. The minimum atomic E-state index is -0.833. The van der Waals surface area contributed by atoms with Gasteiger partial charge in [-0.05, 0) is 12.3 Å². The quantitative estimate of drug-likeness (QED) is 0.490. The van der Waals surface area contributed by atoms with Crippen LogP contribution in [0.15, 0.2) is 0 Å². The predicted molar refractivity (Wildman–Crippen MR) is 57.0 cm³/mol. The van der Waals surface area contributed by atoms with Crippen LogP contribution >= 0.6 is 12.6 Å². The fraction of sp³-hybridized carbons (Fsp3) is 0.889. The highest BCUT2D eigenvalue weighted by Crippen LogP contribution is 2.13. The maximum absolute atomic E-state index is 9.00. The Kier molecular flexibility index (Phi) is 11.6. The van der Waals surface area contributed by atoms with Crippen LogP contribution in [0.5, 0.6) is 0 Å². The lowest BCUT2D eigenvalue weighted by Crippen LogP contribution is -2.03. The molecule has 0 amide bonds. The van der Waals surface area contributed by atoms with Crippen molar-refractivity contribution in [2.75, 3.05) is 0 Å². The maximum Gasteiger partial charge on any atom is 0.300 e. The van der Waals surface area contributed by atoms with Gasteiger partial charge in [0.25, 0.3) is 5.97 Å². The normalized spacial score (nSPS) is 13.9. The Morgan fingerprint density at radius 1 is 1.54 bits per heavy atom. The van der Waals surface area contributed by atoms with E-state index in [1.54, 1.807) is 0 Å². The van der Waals surface area contributed by atoms with Crippen molar-refractivity contribution < 1.29 is 15.0 Å². The molecule has 3 nitrogen and oxygen atoms in total. The van der Waals surface area contributed by atoms with E-state index in [0.717, 1.165) is 13.3 Å². The number of aliphatic hydroxyl groups excluding tert-OH is 1. The molecular formula is C9H20O3S. The van der Waals surface area contributed by atoms with Crippen molar-refractivity contribution in [3.05, 3.63) is 0 Å². The van der Waals surface area contributed by atoms with Gasteiger partial charge in [0.2, 0.25) is 0 Å². The number of hydrogen-bond donors (Lipinski definition) is 3. The van der Waals surface area contributed by atoms with Crippen molar-refractivity contribution in [3.8, 4) is 0 Å². The average Bonchev–Trinajstić information content (AvgIpc) is 1.83. The lowest BCUT2D eigenvalue weighted by atomic mass is 10.0. The molecule has 0 rings (SSSR count). The second kappa shape index (κ2) is 9.86. The van der Waals surface area contributed by atoms with Crippen LogP contribution in [-0.4, -0.2) is 21.6 Å². The fourth-order valence-corrected chi connectivity index (χ4v) is 1.33. The lowest BCUT2D eigenvalue weighted by molar-refractivity contribution is -0.134. The molecular weight excluding hydrogens is 188 g/mol. The van der Waals surface area contributed by atoms with Gasteiger partial charge in [-0.1, -0.05) is 26.7 Å². The Labute approximate surface area is 85.6 Å². The van der Waals surface area contributed by atoms with Gasteiger partial charge in [-0.15, -0.1) is 12.6 Å². The first-order chi connectivity index (χ1) is 5.90. The standard InChI is InChI=1S/C7H16OS.C2H4O2/c1-3-4-6(2)5-7(8)9;1-2(3)4/h6-9H,3-5H2,1-2H3;1H3,(H,3,4). The summed E-state index contributed by atoms with van der Waals surface area (Å²) in [4.78, 5) is 9.00. The zero-order valence-corrected chi connectivity index (χ0v) is 9.42. The van der Waals surface area contributed by atoms with Crippen molar-refractivity contribution in [2.24, 2.45) is 5.92 Å². The molecule has 4 heteroatoms. The number of rotatable bonds is 4. The molecule has 2 N–H and O–H groups in total. The number of carboxylic acids is 1. The van der Waals surface area contributed by atoms with Gasteiger partial charge in [-0.25, -0.2) is 0 Å². The summed E-state index contributed by atoms with van der Waals surface area (Å²) in [6.07, 6.45) is 3.20. The summed E-state index contributed by atoms with van der Waals surface area (Å²) in [6.45, 7) is 5.38. The van der Waals surface area contributed by atoms with E-state index in [-0.39, 0.29) is 0 Å². The minimum absolute atomic E-state index is 0.424. The first kappa shape index (κ1) is 15.3. The molecule has 0 saturated carbocycles. The van der Waals surface area contributed by atoms with Crippen LogP contribution in [0.25, 0.3) is 0 Å². The van der Waals surface area contributed by atoms with Gasteiger partial charge in [0, 0.05) is 6.92 Å². The average molecular weight is 208 g/mol. The van der Waals surface area contributed by atoms with Crippen LogP contribution in [0.3, 0.4) is 0 Å². The van der Waals surface area contributed by atoms with Gasteiger partial charge in [-0.3, -0.25) is 4.79 Å². The Bertz CT molecular complexity index is 122. The summed E-state index contributed by atoms with van der Waals surface area (Å²) in [6, 6.07) is 0.